The molecule has 0 unspecified atom stereocenters. The predicted molar refractivity (Wildman–Crippen MR) is 55.9 cm³/mol. The molecule has 0 aromatic rings. The van der Waals surface area contributed by atoms with Gasteiger partial charge < -0.3 is 10.6 Å². The third kappa shape index (κ3) is 2.13. The number of carbonyl (C=O) groups is 2. The van der Waals surface area contributed by atoms with Crippen molar-refractivity contribution >= 4 is 11.8 Å². The predicted octanol–water partition coefficient (Wildman–Crippen LogP) is 0.653. The highest BCUT2D eigenvalue weighted by Crippen LogP contribution is 2.35. The van der Waals surface area contributed by atoms with Crippen LogP contribution in [0.3, 0.4) is 0 Å². The van der Waals surface area contributed by atoms with Gasteiger partial charge in [-0.2, -0.15) is 0 Å². The van der Waals surface area contributed by atoms with E-state index in [0.717, 1.165) is 12.8 Å². The molecule has 1 heterocycles. The first-order chi connectivity index (χ1) is 7.18. The Morgan fingerprint density at radius 2 is 2.07 bits per heavy atom. The summed E-state index contributed by atoms with van der Waals surface area (Å²) in [5.74, 6) is 0.193. The number of fused-ring (bicyclic) bond motifs is 1. The summed E-state index contributed by atoms with van der Waals surface area (Å²) in [6.07, 6.45) is 6.45. The van der Waals surface area contributed by atoms with Crippen LogP contribution in [0.25, 0.3) is 0 Å². The molecule has 1 saturated heterocycles. The number of nitrogens with two attached hydrogens (primary N) is 1. The fraction of sp³-hybridized carbons (Fsp3) is 0.818. The van der Waals surface area contributed by atoms with Crippen molar-refractivity contribution < 1.29 is 9.59 Å². The van der Waals surface area contributed by atoms with Crippen molar-refractivity contribution in [3.63, 3.8) is 0 Å². The van der Waals surface area contributed by atoms with Crippen LogP contribution in [0.1, 0.15) is 38.5 Å². The monoisotopic (exact) mass is 210 g/mol. The highest BCUT2D eigenvalue weighted by atomic mass is 16.2. The number of nitrogens with zero attached hydrogens (tertiary/aromatic N) is 1. The molecule has 2 rings (SSSR count). The van der Waals surface area contributed by atoms with Gasteiger partial charge in [-0.3, -0.25) is 9.59 Å². The lowest BCUT2D eigenvalue weighted by Crippen LogP contribution is -2.41. The van der Waals surface area contributed by atoms with Crippen LogP contribution in [0.4, 0.5) is 0 Å². The second-order valence-corrected chi connectivity index (χ2v) is 4.66. The van der Waals surface area contributed by atoms with Crippen molar-refractivity contribution in [3.8, 4) is 0 Å². The van der Waals surface area contributed by atoms with E-state index < -0.39 is 5.91 Å². The van der Waals surface area contributed by atoms with Crippen LogP contribution in [0.15, 0.2) is 0 Å². The molecular weight excluding hydrogens is 192 g/mol. The molecule has 0 aromatic heterocycles. The van der Waals surface area contributed by atoms with Crippen molar-refractivity contribution in [2.45, 2.75) is 44.6 Å². The largest absolute Gasteiger partial charge is 0.368 e. The number of hydrogen-bond donors (Lipinski definition) is 1. The lowest BCUT2D eigenvalue weighted by atomic mass is 9.95. The van der Waals surface area contributed by atoms with Crippen molar-refractivity contribution in [1.29, 1.82) is 0 Å². The Balaban J connectivity index is 2.08. The highest BCUT2D eigenvalue weighted by Gasteiger charge is 2.40. The minimum absolute atomic E-state index is 0.111. The molecule has 0 spiro atoms. The number of carbonyl (C=O) groups excluding carboxylic acids is 2. The molecule has 1 saturated carbocycles. The lowest BCUT2D eigenvalue weighted by Gasteiger charge is -2.25. The summed E-state index contributed by atoms with van der Waals surface area (Å²) in [5.41, 5.74) is 5.16. The van der Waals surface area contributed by atoms with Gasteiger partial charge in [0.05, 0.1) is 6.54 Å². The number of amides is 2. The van der Waals surface area contributed by atoms with E-state index >= 15 is 0 Å². The normalized spacial score (nSPS) is 31.2. The fourth-order valence-electron chi connectivity index (χ4n) is 2.91. The van der Waals surface area contributed by atoms with E-state index in [1.165, 1.54) is 19.3 Å². The Morgan fingerprint density at radius 3 is 2.80 bits per heavy atom. The molecule has 84 valence electrons. The molecule has 2 amide bonds. The quantitative estimate of drug-likeness (QED) is 0.727. The van der Waals surface area contributed by atoms with E-state index in [1.807, 2.05) is 0 Å². The van der Waals surface area contributed by atoms with Gasteiger partial charge in [0.15, 0.2) is 0 Å². The van der Waals surface area contributed by atoms with Crippen LogP contribution in [0.5, 0.6) is 0 Å². The van der Waals surface area contributed by atoms with Crippen molar-refractivity contribution in [3.05, 3.63) is 0 Å². The third-order valence-electron chi connectivity index (χ3n) is 3.60. The summed E-state index contributed by atoms with van der Waals surface area (Å²) >= 11 is 0. The average Bonchev–Trinajstić information content (AvgIpc) is 2.39. The van der Waals surface area contributed by atoms with Gasteiger partial charge in [0.1, 0.15) is 0 Å². The zero-order valence-electron chi connectivity index (χ0n) is 8.95. The Morgan fingerprint density at radius 1 is 1.33 bits per heavy atom. The average molecular weight is 210 g/mol. The Labute approximate surface area is 89.8 Å². The summed E-state index contributed by atoms with van der Waals surface area (Å²) in [4.78, 5) is 24.3. The maximum absolute atomic E-state index is 11.7. The molecule has 15 heavy (non-hydrogen) atoms. The molecule has 1 aliphatic carbocycles. The first-order valence-electron chi connectivity index (χ1n) is 5.76. The minimum Gasteiger partial charge on any atom is -0.368 e. The van der Waals surface area contributed by atoms with E-state index in [4.69, 9.17) is 5.73 Å². The van der Waals surface area contributed by atoms with Gasteiger partial charge in [-0.25, -0.2) is 0 Å². The smallest absolute Gasteiger partial charge is 0.237 e. The topological polar surface area (TPSA) is 63.4 Å². The fourth-order valence-corrected chi connectivity index (χ4v) is 2.91. The molecular formula is C11H18N2O2. The van der Waals surface area contributed by atoms with Gasteiger partial charge >= 0.3 is 0 Å². The molecule has 4 nitrogen and oxygen atoms in total. The summed E-state index contributed by atoms with van der Waals surface area (Å²) in [5, 5.41) is 0. The van der Waals surface area contributed by atoms with Crippen LogP contribution in [0, 0.1) is 5.92 Å². The van der Waals surface area contributed by atoms with E-state index in [1.54, 1.807) is 4.90 Å². The Hall–Kier alpha value is -1.06. The maximum Gasteiger partial charge on any atom is 0.237 e. The maximum atomic E-state index is 11.7. The van der Waals surface area contributed by atoms with Gasteiger partial charge in [-0.15, -0.1) is 0 Å². The van der Waals surface area contributed by atoms with E-state index in [-0.39, 0.29) is 18.5 Å². The van der Waals surface area contributed by atoms with E-state index in [0.29, 0.717) is 12.3 Å². The Kier molecular flexibility index (Phi) is 2.93. The standard InChI is InChI=1S/C11H18N2O2/c12-10(14)7-13-9-5-3-1-2-4-8(9)6-11(13)15/h8-9H,1-7H2,(H2,12,14)/t8-,9-/m1/s1. The second-order valence-electron chi connectivity index (χ2n) is 4.66. The summed E-state index contributed by atoms with van der Waals surface area (Å²) in [7, 11) is 0. The third-order valence-corrected chi connectivity index (χ3v) is 3.60. The SMILES string of the molecule is NC(=O)CN1C(=O)C[C@H]2CCCCC[C@H]21. The number of primary amides is 1. The first kappa shape index (κ1) is 10.5. The van der Waals surface area contributed by atoms with Crippen LogP contribution in [-0.4, -0.2) is 29.3 Å². The Bertz CT molecular complexity index is 278. The first-order valence-corrected chi connectivity index (χ1v) is 5.76. The van der Waals surface area contributed by atoms with E-state index in [9.17, 15) is 9.59 Å². The van der Waals surface area contributed by atoms with Gasteiger partial charge in [0.25, 0.3) is 0 Å². The van der Waals surface area contributed by atoms with Gasteiger partial charge in [0, 0.05) is 12.5 Å². The van der Waals surface area contributed by atoms with Gasteiger partial charge in [0.2, 0.25) is 11.8 Å². The van der Waals surface area contributed by atoms with Crippen LogP contribution >= 0.6 is 0 Å². The summed E-state index contributed by atoms with van der Waals surface area (Å²) in [6.45, 7) is 0.111. The molecule has 2 N–H and O–H groups in total. The molecule has 2 aliphatic rings. The van der Waals surface area contributed by atoms with Crippen molar-refractivity contribution in [2.75, 3.05) is 6.54 Å². The van der Waals surface area contributed by atoms with Crippen molar-refractivity contribution in [2.24, 2.45) is 11.7 Å². The van der Waals surface area contributed by atoms with Gasteiger partial charge in [-0.05, 0) is 18.8 Å². The number of hydrogen-bond acceptors (Lipinski definition) is 2. The molecule has 0 radical (unpaired) electrons. The molecule has 1 aliphatic heterocycles. The molecule has 4 heteroatoms. The van der Waals surface area contributed by atoms with Crippen molar-refractivity contribution in [1.82, 2.24) is 4.90 Å². The van der Waals surface area contributed by atoms with E-state index in [2.05, 4.69) is 0 Å². The van der Waals surface area contributed by atoms with Gasteiger partial charge in [-0.1, -0.05) is 19.3 Å². The van der Waals surface area contributed by atoms with Crippen LogP contribution in [-0.2, 0) is 9.59 Å². The molecule has 0 aromatic carbocycles. The lowest BCUT2D eigenvalue weighted by molar-refractivity contribution is -0.133. The highest BCUT2D eigenvalue weighted by molar-refractivity contribution is 5.85. The molecule has 0 bridgehead atoms. The second kappa shape index (κ2) is 4.21. The number of likely N-dealkylation sites (tertiary alicyclic amines) is 1. The summed E-state index contributed by atoms with van der Waals surface area (Å²) < 4.78 is 0. The molecule has 2 atom stereocenters. The number of rotatable bonds is 2. The van der Waals surface area contributed by atoms with Crippen LogP contribution < -0.4 is 5.73 Å². The zero-order chi connectivity index (χ0) is 10.8. The minimum atomic E-state index is -0.395. The molecule has 2 fully saturated rings. The van der Waals surface area contributed by atoms with Crippen LogP contribution in [0.2, 0.25) is 0 Å². The zero-order valence-corrected chi connectivity index (χ0v) is 8.95. The summed E-state index contributed by atoms with van der Waals surface area (Å²) in [6, 6.07) is 0.285.